The van der Waals surface area contributed by atoms with Gasteiger partial charge in [0, 0.05) is 10.4 Å². The average molecular weight is 476 g/mol. The number of aromatic amines is 1. The maximum atomic E-state index is 12.8. The van der Waals surface area contributed by atoms with Crippen LogP contribution in [-0.2, 0) is 25.1 Å². The van der Waals surface area contributed by atoms with Gasteiger partial charge in [0.05, 0.1) is 23.9 Å². The van der Waals surface area contributed by atoms with Gasteiger partial charge in [-0.1, -0.05) is 35.5 Å². The Hall–Kier alpha value is -3.17. The van der Waals surface area contributed by atoms with Gasteiger partial charge in [0.2, 0.25) is 0 Å². The number of benzene rings is 1. The van der Waals surface area contributed by atoms with Crippen LogP contribution >= 0.6 is 23.1 Å². The summed E-state index contributed by atoms with van der Waals surface area (Å²) in [7, 11) is 0. The van der Waals surface area contributed by atoms with Crippen molar-refractivity contribution in [3.8, 4) is 11.4 Å². The Morgan fingerprint density at radius 1 is 1.21 bits per heavy atom. The van der Waals surface area contributed by atoms with E-state index in [-0.39, 0.29) is 5.56 Å². The lowest BCUT2D eigenvalue weighted by Crippen LogP contribution is -2.11. The molecule has 1 aliphatic carbocycles. The number of thiophene rings is 1. The minimum atomic E-state index is -0.0347. The molecule has 0 saturated heterocycles. The Bertz CT molecular complexity index is 1510. The highest BCUT2D eigenvalue weighted by atomic mass is 32.2. The zero-order valence-corrected chi connectivity index (χ0v) is 19.6. The minimum absolute atomic E-state index is 0.0347. The van der Waals surface area contributed by atoms with Gasteiger partial charge in [0.1, 0.15) is 16.4 Å². The molecule has 5 aromatic rings. The van der Waals surface area contributed by atoms with Crippen LogP contribution in [0.5, 0.6) is 0 Å². The lowest BCUT2D eigenvalue weighted by Gasteiger charge is -2.09. The number of furan rings is 1. The quantitative estimate of drug-likeness (QED) is 0.349. The Kier molecular flexibility index (Phi) is 5.15. The fraction of sp³-hybridized carbons (Fsp3) is 0.250. The fourth-order valence-electron chi connectivity index (χ4n) is 4.34. The number of H-pyrrole nitrogens is 1. The van der Waals surface area contributed by atoms with E-state index >= 15 is 0 Å². The van der Waals surface area contributed by atoms with Gasteiger partial charge in [-0.05, 0) is 49.9 Å². The summed E-state index contributed by atoms with van der Waals surface area (Å²) < 4.78 is 7.64. The van der Waals surface area contributed by atoms with Crippen molar-refractivity contribution in [1.82, 2.24) is 24.7 Å². The van der Waals surface area contributed by atoms with E-state index in [1.807, 2.05) is 24.3 Å². The first-order valence-electron chi connectivity index (χ1n) is 10.8. The molecule has 9 heteroatoms. The van der Waals surface area contributed by atoms with E-state index in [0.717, 1.165) is 57.3 Å². The summed E-state index contributed by atoms with van der Waals surface area (Å²) in [4.78, 5) is 22.7. The van der Waals surface area contributed by atoms with Crippen molar-refractivity contribution in [2.24, 2.45) is 0 Å². The molecule has 0 unspecified atom stereocenters. The van der Waals surface area contributed by atoms with Crippen molar-refractivity contribution in [3.05, 3.63) is 80.6 Å². The van der Waals surface area contributed by atoms with Gasteiger partial charge in [-0.25, -0.2) is 4.98 Å². The number of hydrogen-bond acceptors (Lipinski definition) is 7. The number of hydrogen-bond donors (Lipinski definition) is 1. The molecule has 0 saturated carbocycles. The van der Waals surface area contributed by atoms with Gasteiger partial charge in [0.25, 0.3) is 5.56 Å². The second kappa shape index (κ2) is 8.31. The molecular weight excluding hydrogens is 454 g/mol. The summed E-state index contributed by atoms with van der Waals surface area (Å²) in [6.07, 6.45) is 4.83. The van der Waals surface area contributed by atoms with Crippen LogP contribution in [0.4, 0.5) is 0 Å². The standard InChI is InChI=1S/C24H21N5O2S2/c1-14-5-2-6-15(11-14)21-27-28-24(29(21)12-16-7-4-10-31-16)32-13-19-25-22(30)20-17-8-3-9-18(17)33-23(20)26-19/h2,4-7,10-11H,3,8-9,12-13H2,1H3,(H,25,26,30). The summed E-state index contributed by atoms with van der Waals surface area (Å²) in [5.41, 5.74) is 3.32. The zero-order valence-electron chi connectivity index (χ0n) is 18.0. The molecule has 166 valence electrons. The second-order valence-electron chi connectivity index (χ2n) is 8.18. The molecule has 4 heterocycles. The molecule has 1 aromatic carbocycles. The Morgan fingerprint density at radius 3 is 3.00 bits per heavy atom. The van der Waals surface area contributed by atoms with Crippen LogP contribution in [0.3, 0.4) is 0 Å². The molecule has 1 aliphatic rings. The van der Waals surface area contributed by atoms with Crippen LogP contribution in [0.2, 0.25) is 0 Å². The number of thioether (sulfide) groups is 1. The largest absolute Gasteiger partial charge is 0.467 e. The van der Waals surface area contributed by atoms with Gasteiger partial charge in [0.15, 0.2) is 11.0 Å². The molecule has 0 amide bonds. The lowest BCUT2D eigenvalue weighted by atomic mass is 10.1. The van der Waals surface area contributed by atoms with Gasteiger partial charge in [-0.2, -0.15) is 0 Å². The number of aromatic nitrogens is 5. The predicted octanol–water partition coefficient (Wildman–Crippen LogP) is 4.97. The van der Waals surface area contributed by atoms with E-state index in [9.17, 15) is 4.79 Å². The minimum Gasteiger partial charge on any atom is -0.467 e. The van der Waals surface area contributed by atoms with E-state index in [0.29, 0.717) is 18.1 Å². The molecule has 0 atom stereocenters. The van der Waals surface area contributed by atoms with E-state index in [4.69, 9.17) is 9.40 Å². The van der Waals surface area contributed by atoms with Crippen LogP contribution in [0.25, 0.3) is 21.6 Å². The summed E-state index contributed by atoms with van der Waals surface area (Å²) in [6, 6.07) is 12.0. The average Bonchev–Trinajstić information content (AvgIpc) is 3.57. The van der Waals surface area contributed by atoms with Crippen molar-refractivity contribution < 1.29 is 4.42 Å². The van der Waals surface area contributed by atoms with Crippen LogP contribution in [0.15, 0.2) is 57.0 Å². The molecule has 33 heavy (non-hydrogen) atoms. The van der Waals surface area contributed by atoms with Crippen LogP contribution < -0.4 is 5.56 Å². The smallest absolute Gasteiger partial charge is 0.259 e. The Morgan fingerprint density at radius 2 is 2.15 bits per heavy atom. The number of nitrogens with one attached hydrogen (secondary N) is 1. The van der Waals surface area contributed by atoms with Crippen molar-refractivity contribution in [3.63, 3.8) is 0 Å². The first kappa shape index (κ1) is 20.4. The molecule has 1 N–H and O–H groups in total. The molecule has 4 aromatic heterocycles. The highest BCUT2D eigenvalue weighted by Gasteiger charge is 2.22. The highest BCUT2D eigenvalue weighted by Crippen LogP contribution is 2.35. The molecule has 0 spiro atoms. The first-order chi connectivity index (χ1) is 16.2. The van der Waals surface area contributed by atoms with Crippen molar-refractivity contribution in [1.29, 1.82) is 0 Å². The number of fused-ring (bicyclic) bond motifs is 3. The maximum absolute atomic E-state index is 12.8. The van der Waals surface area contributed by atoms with Crippen molar-refractivity contribution >= 4 is 33.3 Å². The number of nitrogens with zero attached hydrogens (tertiary/aromatic N) is 4. The van der Waals surface area contributed by atoms with Crippen molar-refractivity contribution in [2.75, 3.05) is 0 Å². The van der Waals surface area contributed by atoms with Crippen LogP contribution in [-0.4, -0.2) is 24.7 Å². The van der Waals surface area contributed by atoms with Gasteiger partial charge < -0.3 is 9.40 Å². The third-order valence-electron chi connectivity index (χ3n) is 5.85. The first-order valence-corrected chi connectivity index (χ1v) is 12.6. The number of rotatable bonds is 6. The molecule has 7 nitrogen and oxygen atoms in total. The maximum Gasteiger partial charge on any atom is 0.259 e. The Balaban J connectivity index is 1.33. The van der Waals surface area contributed by atoms with Gasteiger partial charge in [-0.3, -0.25) is 9.36 Å². The Labute approximate surface area is 197 Å². The summed E-state index contributed by atoms with van der Waals surface area (Å²) in [5.74, 6) is 2.76. The van der Waals surface area contributed by atoms with Gasteiger partial charge >= 0.3 is 0 Å². The van der Waals surface area contributed by atoms with E-state index in [2.05, 4.69) is 38.8 Å². The molecule has 0 aliphatic heterocycles. The van der Waals surface area contributed by atoms with Gasteiger partial charge in [-0.15, -0.1) is 21.5 Å². The van der Waals surface area contributed by atoms with E-state index in [1.165, 1.54) is 22.2 Å². The van der Waals surface area contributed by atoms with Crippen LogP contribution in [0, 0.1) is 6.92 Å². The SMILES string of the molecule is Cc1cccc(-c2nnc(SCc3nc4sc5c(c4c(=O)[nH]3)CCC5)n2Cc2ccco2)c1. The summed E-state index contributed by atoms with van der Waals surface area (Å²) in [5, 5.41) is 10.5. The predicted molar refractivity (Wildman–Crippen MR) is 130 cm³/mol. The molecule has 0 fully saturated rings. The van der Waals surface area contributed by atoms with Crippen molar-refractivity contribution in [2.45, 2.75) is 43.6 Å². The lowest BCUT2D eigenvalue weighted by molar-refractivity contribution is 0.485. The highest BCUT2D eigenvalue weighted by molar-refractivity contribution is 7.98. The normalized spacial score (nSPS) is 13.1. The van der Waals surface area contributed by atoms with Crippen LogP contribution in [0.1, 0.15) is 34.0 Å². The second-order valence-corrected chi connectivity index (χ2v) is 10.2. The molecule has 6 rings (SSSR count). The summed E-state index contributed by atoms with van der Waals surface area (Å²) in [6.45, 7) is 2.58. The third kappa shape index (κ3) is 3.81. The molecular formula is C24H21N5O2S2. The third-order valence-corrected chi connectivity index (χ3v) is 8.01. The van der Waals surface area contributed by atoms with E-state index < -0.39 is 0 Å². The summed E-state index contributed by atoms with van der Waals surface area (Å²) >= 11 is 3.17. The topological polar surface area (TPSA) is 89.6 Å². The monoisotopic (exact) mass is 475 g/mol. The molecule has 0 radical (unpaired) electrons. The number of aryl methyl sites for hydroxylation is 3. The zero-order chi connectivity index (χ0) is 22.4. The van der Waals surface area contributed by atoms with E-state index in [1.54, 1.807) is 17.6 Å². The molecule has 0 bridgehead atoms. The fourth-order valence-corrected chi connectivity index (χ4v) is 6.43.